The monoisotopic (exact) mass is 206 g/mol. The molecular formula is C8H14O6. The van der Waals surface area contributed by atoms with Crippen molar-refractivity contribution < 1.29 is 30.0 Å². The third kappa shape index (κ3) is 5.50. The van der Waals surface area contributed by atoms with E-state index in [1.165, 1.54) is 0 Å². The van der Waals surface area contributed by atoms with Gasteiger partial charge in [-0.3, -0.25) is 4.79 Å². The van der Waals surface area contributed by atoms with E-state index in [1.54, 1.807) is 0 Å². The first-order valence-corrected chi connectivity index (χ1v) is 4.26. The van der Waals surface area contributed by atoms with Gasteiger partial charge in [-0.25, -0.2) is 4.79 Å². The minimum Gasteiger partial charge on any atom is -0.481 e. The Balaban J connectivity index is 3.58. The van der Waals surface area contributed by atoms with E-state index in [9.17, 15) is 9.59 Å². The molecular weight excluding hydrogens is 192 g/mol. The van der Waals surface area contributed by atoms with E-state index >= 15 is 0 Å². The van der Waals surface area contributed by atoms with Gasteiger partial charge in [-0.2, -0.15) is 0 Å². The molecule has 0 aliphatic heterocycles. The van der Waals surface area contributed by atoms with Crippen LogP contribution in [-0.2, 0) is 9.59 Å². The standard InChI is InChI=1S/C8H14O6/c9-5(7(12)8(13)14)3-1-2-4-6(10)11/h5,7,9,12H,1-4H2,(H,10,11)(H,13,14). The van der Waals surface area contributed by atoms with Crippen molar-refractivity contribution in [3.05, 3.63) is 0 Å². The molecule has 0 aromatic heterocycles. The molecule has 0 heterocycles. The van der Waals surface area contributed by atoms with Crippen molar-refractivity contribution in [1.29, 1.82) is 0 Å². The number of hydrogen-bond donors (Lipinski definition) is 4. The molecule has 0 spiro atoms. The third-order valence-corrected chi connectivity index (χ3v) is 1.76. The highest BCUT2D eigenvalue weighted by molar-refractivity contribution is 5.72. The average Bonchev–Trinajstić information content (AvgIpc) is 2.10. The molecule has 6 nitrogen and oxygen atoms in total. The number of carbonyl (C=O) groups is 2. The Morgan fingerprint density at radius 3 is 2.07 bits per heavy atom. The number of aliphatic carboxylic acids is 2. The molecule has 0 aromatic carbocycles. The van der Waals surface area contributed by atoms with Crippen LogP contribution in [-0.4, -0.2) is 44.6 Å². The lowest BCUT2D eigenvalue weighted by Crippen LogP contribution is -2.33. The number of carboxylic acids is 2. The maximum absolute atomic E-state index is 10.2. The summed E-state index contributed by atoms with van der Waals surface area (Å²) in [6.07, 6.45) is -2.33. The topological polar surface area (TPSA) is 115 Å². The fourth-order valence-electron chi connectivity index (χ4n) is 0.952. The molecule has 2 atom stereocenters. The van der Waals surface area contributed by atoms with Gasteiger partial charge in [-0.1, -0.05) is 6.42 Å². The summed E-state index contributed by atoms with van der Waals surface area (Å²) in [5.41, 5.74) is 0. The molecule has 6 heteroatoms. The van der Waals surface area contributed by atoms with Crippen LogP contribution >= 0.6 is 0 Å². The van der Waals surface area contributed by atoms with Gasteiger partial charge < -0.3 is 20.4 Å². The first-order chi connectivity index (χ1) is 6.45. The summed E-state index contributed by atoms with van der Waals surface area (Å²) >= 11 is 0. The van der Waals surface area contributed by atoms with E-state index in [0.717, 1.165) is 0 Å². The predicted molar refractivity (Wildman–Crippen MR) is 45.8 cm³/mol. The average molecular weight is 206 g/mol. The summed E-state index contributed by atoms with van der Waals surface area (Å²) in [7, 11) is 0. The van der Waals surface area contributed by atoms with E-state index in [2.05, 4.69) is 0 Å². The number of hydrogen-bond acceptors (Lipinski definition) is 4. The number of rotatable bonds is 7. The highest BCUT2D eigenvalue weighted by atomic mass is 16.4. The van der Waals surface area contributed by atoms with Crippen LogP contribution < -0.4 is 0 Å². The van der Waals surface area contributed by atoms with Gasteiger partial charge >= 0.3 is 11.9 Å². The number of carboxylic acid groups (broad SMARTS) is 2. The molecule has 0 bridgehead atoms. The van der Waals surface area contributed by atoms with E-state index in [-0.39, 0.29) is 12.8 Å². The Kier molecular flexibility index (Phi) is 5.82. The Morgan fingerprint density at radius 1 is 1.07 bits per heavy atom. The normalized spacial score (nSPS) is 14.7. The second-order valence-electron chi connectivity index (χ2n) is 2.99. The predicted octanol–water partition coefficient (Wildman–Crippen LogP) is -0.562. The minimum atomic E-state index is -1.79. The molecule has 0 aliphatic rings. The van der Waals surface area contributed by atoms with E-state index in [1.807, 2.05) is 0 Å². The Morgan fingerprint density at radius 2 is 1.64 bits per heavy atom. The molecule has 0 rings (SSSR count). The molecule has 0 radical (unpaired) electrons. The highest BCUT2D eigenvalue weighted by Gasteiger charge is 2.22. The van der Waals surface area contributed by atoms with Crippen LogP contribution in [0.25, 0.3) is 0 Å². The Hall–Kier alpha value is -1.14. The molecule has 14 heavy (non-hydrogen) atoms. The van der Waals surface area contributed by atoms with Gasteiger partial charge in [0.1, 0.15) is 0 Å². The maximum atomic E-state index is 10.2. The van der Waals surface area contributed by atoms with Crippen molar-refractivity contribution in [2.24, 2.45) is 0 Å². The molecule has 0 saturated carbocycles. The SMILES string of the molecule is O=C(O)CCCCC(O)C(O)C(=O)O. The zero-order valence-corrected chi connectivity index (χ0v) is 7.59. The van der Waals surface area contributed by atoms with Gasteiger partial charge in [0, 0.05) is 6.42 Å². The number of aliphatic hydroxyl groups is 2. The van der Waals surface area contributed by atoms with Crippen molar-refractivity contribution in [1.82, 2.24) is 0 Å². The second-order valence-corrected chi connectivity index (χ2v) is 2.99. The van der Waals surface area contributed by atoms with Crippen molar-refractivity contribution in [2.45, 2.75) is 37.9 Å². The number of aliphatic hydroxyl groups excluding tert-OH is 2. The molecule has 0 saturated heterocycles. The van der Waals surface area contributed by atoms with Crippen molar-refractivity contribution in [3.63, 3.8) is 0 Å². The van der Waals surface area contributed by atoms with Crippen molar-refractivity contribution >= 4 is 11.9 Å². The summed E-state index contributed by atoms with van der Waals surface area (Å²) in [6, 6.07) is 0. The third-order valence-electron chi connectivity index (χ3n) is 1.76. The summed E-state index contributed by atoms with van der Waals surface area (Å²) in [5, 5.41) is 34.5. The van der Waals surface area contributed by atoms with Gasteiger partial charge in [0.2, 0.25) is 0 Å². The van der Waals surface area contributed by atoms with Gasteiger partial charge in [0.05, 0.1) is 6.10 Å². The molecule has 2 unspecified atom stereocenters. The first kappa shape index (κ1) is 12.9. The van der Waals surface area contributed by atoms with Crippen LogP contribution in [0, 0.1) is 0 Å². The van der Waals surface area contributed by atoms with Crippen LogP contribution in [0.3, 0.4) is 0 Å². The summed E-state index contributed by atoms with van der Waals surface area (Å²) in [6.45, 7) is 0. The number of unbranched alkanes of at least 4 members (excludes halogenated alkanes) is 1. The van der Waals surface area contributed by atoms with Crippen LogP contribution in [0.2, 0.25) is 0 Å². The van der Waals surface area contributed by atoms with Crippen LogP contribution in [0.4, 0.5) is 0 Å². The lowest BCUT2D eigenvalue weighted by molar-refractivity contribution is -0.153. The lowest BCUT2D eigenvalue weighted by atomic mass is 10.1. The Bertz CT molecular complexity index is 202. The zero-order valence-electron chi connectivity index (χ0n) is 7.59. The summed E-state index contributed by atoms with van der Waals surface area (Å²) in [4.78, 5) is 20.3. The van der Waals surface area contributed by atoms with Crippen LogP contribution in [0.5, 0.6) is 0 Å². The Labute approximate surface area is 80.8 Å². The smallest absolute Gasteiger partial charge is 0.335 e. The van der Waals surface area contributed by atoms with Gasteiger partial charge in [0.15, 0.2) is 6.10 Å². The van der Waals surface area contributed by atoms with Crippen molar-refractivity contribution in [2.75, 3.05) is 0 Å². The first-order valence-electron chi connectivity index (χ1n) is 4.26. The van der Waals surface area contributed by atoms with Gasteiger partial charge in [-0.15, -0.1) is 0 Å². The molecule has 0 fully saturated rings. The van der Waals surface area contributed by atoms with Crippen LogP contribution in [0.15, 0.2) is 0 Å². The molecule has 82 valence electrons. The molecule has 4 N–H and O–H groups in total. The fraction of sp³-hybridized carbons (Fsp3) is 0.750. The summed E-state index contributed by atoms with van der Waals surface area (Å²) in [5.74, 6) is -2.41. The lowest BCUT2D eigenvalue weighted by Gasteiger charge is -2.12. The quantitative estimate of drug-likeness (QED) is 0.415. The van der Waals surface area contributed by atoms with Gasteiger partial charge in [0.25, 0.3) is 0 Å². The fourth-order valence-corrected chi connectivity index (χ4v) is 0.952. The second kappa shape index (κ2) is 6.33. The largest absolute Gasteiger partial charge is 0.481 e. The van der Waals surface area contributed by atoms with E-state index in [4.69, 9.17) is 20.4 Å². The summed E-state index contributed by atoms with van der Waals surface area (Å²) < 4.78 is 0. The molecule has 0 amide bonds. The maximum Gasteiger partial charge on any atom is 0.335 e. The highest BCUT2D eigenvalue weighted by Crippen LogP contribution is 2.07. The zero-order chi connectivity index (χ0) is 11.1. The van der Waals surface area contributed by atoms with Crippen LogP contribution in [0.1, 0.15) is 25.7 Å². The van der Waals surface area contributed by atoms with E-state index < -0.39 is 24.1 Å². The molecule has 0 aromatic rings. The van der Waals surface area contributed by atoms with Crippen molar-refractivity contribution in [3.8, 4) is 0 Å². The van der Waals surface area contributed by atoms with E-state index in [0.29, 0.717) is 12.8 Å². The van der Waals surface area contributed by atoms with Gasteiger partial charge in [-0.05, 0) is 12.8 Å². The minimum absolute atomic E-state index is 0.0180. The molecule has 0 aliphatic carbocycles.